The van der Waals surface area contributed by atoms with Crippen LogP contribution in [0, 0.1) is 0 Å². The molecule has 0 radical (unpaired) electrons. The largest absolute Gasteiger partial charge is 0.464 e. The lowest BCUT2D eigenvalue weighted by atomic mass is 9.96. The summed E-state index contributed by atoms with van der Waals surface area (Å²) in [5.41, 5.74) is 2.69. The quantitative estimate of drug-likeness (QED) is 0.790. The summed E-state index contributed by atoms with van der Waals surface area (Å²) in [5, 5.41) is 0. The van der Waals surface area contributed by atoms with Crippen LogP contribution in [0.25, 0.3) is 0 Å². The van der Waals surface area contributed by atoms with Crippen molar-refractivity contribution in [3.8, 4) is 0 Å². The smallest absolute Gasteiger partial charge is 0.356 e. The zero-order chi connectivity index (χ0) is 14.8. The molecule has 1 aliphatic heterocycles. The molecule has 0 aliphatic carbocycles. The minimum absolute atomic E-state index is 0.0734. The lowest BCUT2D eigenvalue weighted by Gasteiger charge is -2.14. The van der Waals surface area contributed by atoms with Crippen molar-refractivity contribution < 1.29 is 14.3 Å². The Morgan fingerprint density at radius 2 is 2.00 bits per heavy atom. The number of hydrogen-bond acceptors (Lipinski definition) is 5. The van der Waals surface area contributed by atoms with E-state index < -0.39 is 5.97 Å². The van der Waals surface area contributed by atoms with Crippen LogP contribution in [0.15, 0.2) is 47.6 Å². The maximum atomic E-state index is 12.2. The number of carbonyl (C=O) groups is 2. The Kier molecular flexibility index (Phi) is 3.31. The van der Waals surface area contributed by atoms with Crippen molar-refractivity contribution in [1.29, 1.82) is 0 Å². The lowest BCUT2D eigenvalue weighted by molar-refractivity contribution is -0.112. The van der Waals surface area contributed by atoms with Crippen molar-refractivity contribution >= 4 is 23.2 Å². The Bertz CT molecular complexity index is 751. The summed E-state index contributed by atoms with van der Waals surface area (Å²) >= 11 is 0. The van der Waals surface area contributed by atoms with Crippen LogP contribution in [-0.2, 0) is 16.0 Å². The fourth-order valence-corrected chi connectivity index (χ4v) is 2.21. The minimum atomic E-state index is -0.525. The van der Waals surface area contributed by atoms with E-state index in [4.69, 9.17) is 0 Å². The molecule has 2 heterocycles. The van der Waals surface area contributed by atoms with Gasteiger partial charge in [-0.15, -0.1) is 0 Å². The first-order valence-corrected chi connectivity index (χ1v) is 6.43. The number of benzene rings is 1. The number of fused-ring (bicyclic) bond motifs is 1. The summed E-state index contributed by atoms with van der Waals surface area (Å²) in [4.78, 5) is 32.1. The van der Waals surface area contributed by atoms with E-state index >= 15 is 0 Å². The second kappa shape index (κ2) is 5.28. The van der Waals surface area contributed by atoms with Crippen molar-refractivity contribution in [2.24, 2.45) is 4.99 Å². The van der Waals surface area contributed by atoms with Crippen molar-refractivity contribution in [2.75, 3.05) is 7.11 Å². The molecule has 0 bridgehead atoms. The molecular weight excluding hydrogens is 268 g/mol. The van der Waals surface area contributed by atoms with Gasteiger partial charge in [-0.25, -0.2) is 14.8 Å². The van der Waals surface area contributed by atoms with Crippen LogP contribution in [0.5, 0.6) is 0 Å². The molecule has 1 aromatic heterocycles. The number of aromatic nitrogens is 1. The molecule has 0 saturated carbocycles. The van der Waals surface area contributed by atoms with E-state index in [9.17, 15) is 9.59 Å². The van der Waals surface area contributed by atoms with Gasteiger partial charge in [-0.1, -0.05) is 30.3 Å². The summed E-state index contributed by atoms with van der Waals surface area (Å²) in [5.74, 6) is -0.598. The molecule has 0 atom stereocenters. The van der Waals surface area contributed by atoms with Gasteiger partial charge in [0.2, 0.25) is 0 Å². The fraction of sp³-hybridized carbons (Fsp3) is 0.125. The summed E-state index contributed by atoms with van der Waals surface area (Å²) in [7, 11) is 1.29. The highest BCUT2D eigenvalue weighted by atomic mass is 16.5. The van der Waals surface area contributed by atoms with Gasteiger partial charge >= 0.3 is 5.97 Å². The first kappa shape index (κ1) is 13.2. The van der Waals surface area contributed by atoms with Crippen molar-refractivity contribution in [1.82, 2.24) is 4.98 Å². The average molecular weight is 280 g/mol. The molecular formula is C16H12N2O3. The monoisotopic (exact) mass is 280 g/mol. The van der Waals surface area contributed by atoms with Crippen molar-refractivity contribution in [2.45, 2.75) is 6.42 Å². The highest BCUT2D eigenvalue weighted by Crippen LogP contribution is 2.26. The van der Waals surface area contributed by atoms with Gasteiger partial charge in [0.25, 0.3) is 0 Å². The number of Topliss-reactive ketones (excluding diaryl/α,β-unsaturated/α-hetero) is 1. The standard InChI is InChI=1S/C16H12N2O3/c1-21-16(20)12-7-11-8-14(19)15(18-13(11)9-17-12)10-5-3-2-4-6-10/h2-7,9H,8H2,1H3. The van der Waals surface area contributed by atoms with Gasteiger partial charge in [0.15, 0.2) is 5.78 Å². The third-order valence-corrected chi connectivity index (χ3v) is 3.26. The van der Waals surface area contributed by atoms with Gasteiger partial charge in [0.05, 0.1) is 19.0 Å². The summed E-state index contributed by atoms with van der Waals surface area (Å²) in [6.45, 7) is 0. The zero-order valence-corrected chi connectivity index (χ0v) is 11.4. The molecule has 104 valence electrons. The first-order chi connectivity index (χ1) is 10.2. The number of ether oxygens (including phenoxy) is 1. The van der Waals surface area contributed by atoms with Crippen LogP contribution in [0.2, 0.25) is 0 Å². The van der Waals surface area contributed by atoms with E-state index in [1.54, 1.807) is 6.07 Å². The third-order valence-electron chi connectivity index (χ3n) is 3.26. The maximum Gasteiger partial charge on any atom is 0.356 e. The molecule has 0 saturated heterocycles. The predicted molar refractivity (Wildman–Crippen MR) is 76.9 cm³/mol. The number of methoxy groups -OCH3 is 1. The van der Waals surface area contributed by atoms with E-state index in [1.807, 2.05) is 30.3 Å². The first-order valence-electron chi connectivity index (χ1n) is 6.43. The fourth-order valence-electron chi connectivity index (χ4n) is 2.21. The Morgan fingerprint density at radius 1 is 1.24 bits per heavy atom. The van der Waals surface area contributed by atoms with Gasteiger partial charge in [-0.2, -0.15) is 0 Å². The Balaban J connectivity index is 2.04. The molecule has 0 spiro atoms. The molecule has 21 heavy (non-hydrogen) atoms. The van der Waals surface area contributed by atoms with Crippen LogP contribution in [0.3, 0.4) is 0 Å². The Labute approximate surface area is 121 Å². The molecule has 3 rings (SSSR count). The summed E-state index contributed by atoms with van der Waals surface area (Å²) < 4.78 is 4.62. The number of aliphatic imine (C=N–C) groups is 1. The van der Waals surface area contributed by atoms with E-state index in [2.05, 4.69) is 14.7 Å². The van der Waals surface area contributed by atoms with Crippen LogP contribution < -0.4 is 0 Å². The van der Waals surface area contributed by atoms with Crippen LogP contribution in [0.1, 0.15) is 21.6 Å². The number of pyridine rings is 1. The van der Waals surface area contributed by atoms with Gasteiger partial charge < -0.3 is 4.74 Å². The molecule has 5 nitrogen and oxygen atoms in total. The highest BCUT2D eigenvalue weighted by molar-refractivity contribution is 6.47. The van der Waals surface area contributed by atoms with Gasteiger partial charge in [-0.05, 0) is 11.6 Å². The number of nitrogens with zero attached hydrogens (tertiary/aromatic N) is 2. The van der Waals surface area contributed by atoms with Gasteiger partial charge in [0, 0.05) is 12.0 Å². The summed E-state index contributed by atoms with van der Waals surface area (Å²) in [6.07, 6.45) is 1.70. The van der Waals surface area contributed by atoms with Crippen LogP contribution in [-0.4, -0.2) is 29.6 Å². The third kappa shape index (κ3) is 2.45. The summed E-state index contributed by atoms with van der Waals surface area (Å²) in [6, 6.07) is 10.9. The maximum absolute atomic E-state index is 12.2. The van der Waals surface area contributed by atoms with E-state index in [-0.39, 0.29) is 17.9 Å². The Hall–Kier alpha value is -2.82. The SMILES string of the molecule is COC(=O)c1cc2c(cn1)N=C(c1ccccc1)C(=O)C2. The number of ketones is 1. The zero-order valence-electron chi connectivity index (χ0n) is 11.4. The highest BCUT2D eigenvalue weighted by Gasteiger charge is 2.23. The van der Waals surface area contributed by atoms with Gasteiger partial charge in [0.1, 0.15) is 11.4 Å². The van der Waals surface area contributed by atoms with E-state index in [1.165, 1.54) is 13.3 Å². The molecule has 0 N–H and O–H groups in total. The van der Waals surface area contributed by atoms with Gasteiger partial charge in [-0.3, -0.25) is 4.79 Å². The van der Waals surface area contributed by atoms with E-state index in [0.29, 0.717) is 17.0 Å². The molecule has 5 heteroatoms. The topological polar surface area (TPSA) is 68.6 Å². The molecule has 2 aromatic rings. The number of carbonyl (C=O) groups excluding carboxylic acids is 2. The van der Waals surface area contributed by atoms with Crippen LogP contribution >= 0.6 is 0 Å². The number of esters is 1. The molecule has 0 fully saturated rings. The molecule has 1 aromatic carbocycles. The predicted octanol–water partition coefficient (Wildman–Crippen LogP) is 2.11. The molecule has 0 amide bonds. The number of hydrogen-bond donors (Lipinski definition) is 0. The van der Waals surface area contributed by atoms with Crippen molar-refractivity contribution in [3.63, 3.8) is 0 Å². The molecule has 1 aliphatic rings. The number of rotatable bonds is 2. The Morgan fingerprint density at radius 3 is 2.71 bits per heavy atom. The molecule has 0 unspecified atom stereocenters. The minimum Gasteiger partial charge on any atom is -0.464 e. The van der Waals surface area contributed by atoms with Crippen molar-refractivity contribution in [3.05, 3.63) is 59.4 Å². The van der Waals surface area contributed by atoms with E-state index in [0.717, 1.165) is 5.56 Å². The van der Waals surface area contributed by atoms with Crippen LogP contribution in [0.4, 0.5) is 5.69 Å². The second-order valence-electron chi connectivity index (χ2n) is 4.62. The second-order valence-corrected chi connectivity index (χ2v) is 4.62. The average Bonchev–Trinajstić information content (AvgIpc) is 2.53. The lowest BCUT2D eigenvalue weighted by Crippen LogP contribution is -2.21. The normalized spacial score (nSPS) is 13.4.